The first-order chi connectivity index (χ1) is 24.2. The quantitative estimate of drug-likeness (QED) is 0.153. The average molecular weight is 701 g/mol. The number of ether oxygens (including phenoxy) is 1. The van der Waals surface area contributed by atoms with E-state index >= 15 is 0 Å². The number of benzene rings is 2. The zero-order chi connectivity index (χ0) is 35.5. The summed E-state index contributed by atoms with van der Waals surface area (Å²) in [6, 6.07) is 14.3. The first-order valence-electron chi connectivity index (χ1n) is 17.7. The number of para-hydroxylation sites is 1. The van der Waals surface area contributed by atoms with Crippen LogP contribution in [0.25, 0.3) is 11.0 Å². The van der Waals surface area contributed by atoms with E-state index < -0.39 is 27.4 Å². The molecule has 1 N–H and O–H groups in total. The van der Waals surface area contributed by atoms with Crippen molar-refractivity contribution in [3.8, 4) is 5.75 Å². The molecule has 3 aliphatic rings. The Labute approximate surface area is 298 Å². The normalized spacial score (nSPS) is 25.1. The van der Waals surface area contributed by atoms with Gasteiger partial charge < -0.3 is 24.5 Å². The third kappa shape index (κ3) is 6.32. The van der Waals surface area contributed by atoms with Gasteiger partial charge in [0.05, 0.1) is 28.7 Å². The van der Waals surface area contributed by atoms with Gasteiger partial charge in [0.25, 0.3) is 0 Å². The lowest BCUT2D eigenvalue weighted by Gasteiger charge is -2.38. The number of nitrogens with zero attached hydrogens (tertiary/aromatic N) is 6. The van der Waals surface area contributed by atoms with Crippen molar-refractivity contribution >= 4 is 46.2 Å². The summed E-state index contributed by atoms with van der Waals surface area (Å²) in [6.45, 7) is 13.6. The second kappa shape index (κ2) is 15.0. The smallest absolute Gasteiger partial charge is 0.248 e. The minimum absolute atomic E-state index is 0.122. The van der Waals surface area contributed by atoms with E-state index in [1.54, 1.807) is 43.3 Å². The largest absolute Gasteiger partial charge is 0.494 e. The minimum Gasteiger partial charge on any atom is -0.494 e. The fraction of sp³-hybridized carbons (Fsp3) is 0.500. The Hall–Kier alpha value is -4.16. The third-order valence-corrected chi connectivity index (χ3v) is 12.5. The Kier molecular flexibility index (Phi) is 10.7. The average Bonchev–Trinajstić information content (AvgIpc) is 3.82. The minimum atomic E-state index is -0.767. The van der Waals surface area contributed by atoms with E-state index in [2.05, 4.69) is 30.4 Å². The lowest BCUT2D eigenvalue weighted by molar-refractivity contribution is -0.143. The van der Waals surface area contributed by atoms with Gasteiger partial charge in [0.15, 0.2) is 0 Å². The van der Waals surface area contributed by atoms with Crippen LogP contribution in [0, 0.1) is 11.8 Å². The Balaban J connectivity index is 1.36. The predicted molar refractivity (Wildman–Crippen MR) is 196 cm³/mol. The van der Waals surface area contributed by atoms with Gasteiger partial charge in [0.2, 0.25) is 17.7 Å². The molecule has 3 fully saturated rings. The molecule has 12 heteroatoms. The van der Waals surface area contributed by atoms with Gasteiger partial charge in [0.1, 0.15) is 24.0 Å². The molecule has 11 nitrogen and oxygen atoms in total. The zero-order valence-corrected chi connectivity index (χ0v) is 29.9. The number of aliphatic hydroxyl groups is 1. The molecule has 50 heavy (non-hydrogen) atoms. The van der Waals surface area contributed by atoms with Gasteiger partial charge in [0, 0.05) is 36.7 Å². The molecule has 6 rings (SSSR count). The molecule has 0 radical (unpaired) electrons. The molecule has 1 spiro atoms. The van der Waals surface area contributed by atoms with Crippen molar-refractivity contribution in [2.45, 2.75) is 74.6 Å². The lowest BCUT2D eigenvalue weighted by Crippen LogP contribution is -2.55. The fourth-order valence-electron chi connectivity index (χ4n) is 8.31. The molecule has 2 aromatic carbocycles. The van der Waals surface area contributed by atoms with Crippen molar-refractivity contribution in [1.82, 2.24) is 24.8 Å². The van der Waals surface area contributed by atoms with Crippen LogP contribution in [0.4, 0.5) is 5.69 Å². The van der Waals surface area contributed by atoms with Crippen molar-refractivity contribution < 1.29 is 24.2 Å². The number of likely N-dealkylation sites (tertiary alicyclic amines) is 1. The number of aliphatic hydroxyl groups excluding tert-OH is 1. The number of rotatable bonds is 17. The number of amides is 3. The van der Waals surface area contributed by atoms with Crippen LogP contribution >= 0.6 is 11.8 Å². The highest BCUT2D eigenvalue weighted by Gasteiger charge is 2.77. The van der Waals surface area contributed by atoms with Gasteiger partial charge in [-0.05, 0) is 75.9 Å². The Bertz CT molecular complexity index is 1730. The fourth-order valence-corrected chi connectivity index (χ4v) is 10.7. The number of carbonyl (C=O) groups is 3. The van der Waals surface area contributed by atoms with E-state index in [0.717, 1.165) is 23.9 Å². The SMILES string of the molecule is C=CCN(Cn1nnc2ccccc21)C(=O)C1N(CCCCCCO)C(=O)[C@@H]2[C@H](C(=O)N(CC=C)c3ccc(OCC)cc3)[C@]3(C)CCC12S3. The van der Waals surface area contributed by atoms with Crippen molar-refractivity contribution in [1.29, 1.82) is 0 Å². The maximum atomic E-state index is 15.0. The van der Waals surface area contributed by atoms with Crippen molar-refractivity contribution in [2.24, 2.45) is 11.8 Å². The Morgan fingerprint density at radius 3 is 2.50 bits per heavy atom. The van der Waals surface area contributed by atoms with Crippen molar-refractivity contribution in [2.75, 3.05) is 37.7 Å². The summed E-state index contributed by atoms with van der Waals surface area (Å²) in [7, 11) is 0. The predicted octanol–water partition coefficient (Wildman–Crippen LogP) is 5.06. The van der Waals surface area contributed by atoms with E-state index in [-0.39, 0.29) is 44.1 Å². The van der Waals surface area contributed by atoms with Crippen LogP contribution in [-0.2, 0) is 21.1 Å². The van der Waals surface area contributed by atoms with Gasteiger partial charge in [-0.1, -0.05) is 42.3 Å². The first-order valence-corrected chi connectivity index (χ1v) is 18.5. The van der Waals surface area contributed by atoms with Crippen LogP contribution in [0.5, 0.6) is 5.75 Å². The van der Waals surface area contributed by atoms with E-state index in [0.29, 0.717) is 50.3 Å². The number of fused-ring (bicyclic) bond motifs is 2. The standard InChI is InChI=1S/C38H48N6O5S/c1-5-22-41(26-44-30-15-11-10-14-29(30)39-40-44)36(48)33-38-21-20-37(4,50-38)31(32(38)35(47)43(33)24-12-8-9-13-25-45)34(46)42(23-6-2)27-16-18-28(19-17-27)49-7-3/h5-6,10-11,14-19,31-33,45H,1-2,7-9,12-13,20-26H2,3-4H3/t31-,32+,33?,37+,38?/m1/s1. The summed E-state index contributed by atoms with van der Waals surface area (Å²) < 4.78 is 6.05. The molecule has 0 aliphatic carbocycles. The monoisotopic (exact) mass is 700 g/mol. The maximum absolute atomic E-state index is 15.0. The van der Waals surface area contributed by atoms with Crippen molar-refractivity contribution in [3.05, 3.63) is 73.8 Å². The van der Waals surface area contributed by atoms with E-state index in [4.69, 9.17) is 4.74 Å². The molecule has 0 saturated carbocycles. The molecule has 2 bridgehead atoms. The van der Waals surface area contributed by atoms with Gasteiger partial charge in [-0.3, -0.25) is 14.4 Å². The van der Waals surface area contributed by atoms with Gasteiger partial charge in [-0.15, -0.1) is 30.0 Å². The van der Waals surface area contributed by atoms with Crippen LogP contribution in [0.3, 0.4) is 0 Å². The summed E-state index contributed by atoms with van der Waals surface area (Å²) in [6.07, 6.45) is 7.81. The third-order valence-electron chi connectivity index (χ3n) is 10.5. The molecule has 3 aromatic rings. The number of carbonyl (C=O) groups excluding carboxylic acids is 3. The van der Waals surface area contributed by atoms with Crippen LogP contribution in [0.1, 0.15) is 52.4 Å². The lowest BCUT2D eigenvalue weighted by atomic mass is 9.66. The molecule has 2 unspecified atom stereocenters. The van der Waals surface area contributed by atoms with Crippen LogP contribution in [-0.4, -0.2) is 96.0 Å². The number of anilines is 1. The highest BCUT2D eigenvalue weighted by molar-refractivity contribution is 8.02. The highest BCUT2D eigenvalue weighted by atomic mass is 32.2. The molecule has 4 heterocycles. The summed E-state index contributed by atoms with van der Waals surface area (Å²) in [5.74, 6) is -0.990. The topological polar surface area (TPSA) is 121 Å². The zero-order valence-electron chi connectivity index (χ0n) is 29.1. The number of unbranched alkanes of at least 4 members (excludes halogenated alkanes) is 3. The molecule has 266 valence electrons. The Morgan fingerprint density at radius 1 is 1.04 bits per heavy atom. The second-order valence-electron chi connectivity index (χ2n) is 13.6. The molecule has 5 atom stereocenters. The van der Waals surface area contributed by atoms with Crippen LogP contribution in [0.2, 0.25) is 0 Å². The first kappa shape index (κ1) is 35.7. The van der Waals surface area contributed by atoms with Crippen molar-refractivity contribution in [3.63, 3.8) is 0 Å². The number of thioether (sulfide) groups is 1. The summed E-state index contributed by atoms with van der Waals surface area (Å²) in [5.41, 5.74) is 2.24. The molecule has 3 amide bonds. The number of hydrogen-bond donors (Lipinski definition) is 1. The molecular weight excluding hydrogens is 653 g/mol. The van der Waals surface area contributed by atoms with Crippen LogP contribution < -0.4 is 9.64 Å². The highest BCUT2D eigenvalue weighted by Crippen LogP contribution is 2.71. The molecular formula is C38H48N6O5S. The van der Waals surface area contributed by atoms with Gasteiger partial charge in [-0.25, -0.2) is 4.68 Å². The molecule has 1 aromatic heterocycles. The van der Waals surface area contributed by atoms with Gasteiger partial charge in [-0.2, -0.15) is 0 Å². The maximum Gasteiger partial charge on any atom is 0.248 e. The van der Waals surface area contributed by atoms with E-state index in [1.165, 1.54) is 0 Å². The van der Waals surface area contributed by atoms with E-state index in [9.17, 15) is 19.5 Å². The molecule has 3 aliphatic heterocycles. The summed E-state index contributed by atoms with van der Waals surface area (Å²) in [5, 5.41) is 17.9. The van der Waals surface area contributed by atoms with Gasteiger partial charge >= 0.3 is 0 Å². The second-order valence-corrected chi connectivity index (χ2v) is 15.5. The molecule has 3 saturated heterocycles. The summed E-state index contributed by atoms with van der Waals surface area (Å²) >= 11 is 1.67. The number of hydrogen-bond acceptors (Lipinski definition) is 8. The number of aromatic nitrogens is 3. The summed E-state index contributed by atoms with van der Waals surface area (Å²) in [4.78, 5) is 49.8. The Morgan fingerprint density at radius 2 is 1.78 bits per heavy atom. The van der Waals surface area contributed by atoms with Crippen LogP contribution in [0.15, 0.2) is 73.8 Å². The van der Waals surface area contributed by atoms with E-state index in [1.807, 2.05) is 55.5 Å².